The molecule has 0 bridgehead atoms. The summed E-state index contributed by atoms with van der Waals surface area (Å²) in [7, 11) is 1.67. The average molecular weight is 400 g/mol. The minimum atomic E-state index is 0.101. The van der Waals surface area contributed by atoms with Crippen LogP contribution in [0.4, 0.5) is 5.13 Å². The lowest BCUT2D eigenvalue weighted by molar-refractivity contribution is 0.415. The average Bonchev–Trinajstić information content (AvgIpc) is 3.41. The van der Waals surface area contributed by atoms with Crippen LogP contribution in [0, 0.1) is 0 Å². The van der Waals surface area contributed by atoms with E-state index in [0.717, 1.165) is 32.8 Å². The number of rotatable bonds is 6. The highest BCUT2D eigenvalue weighted by Crippen LogP contribution is 2.32. The third-order valence-corrected chi connectivity index (χ3v) is 6.58. The SMILES string of the molecule is COc1cccc(-c2csc(NC(C)c3csc(-c4cccs4)n3)n2)c1. The maximum Gasteiger partial charge on any atom is 0.183 e. The predicted octanol–water partition coefficient (Wildman–Crippen LogP) is 6.18. The van der Waals surface area contributed by atoms with Crippen LogP contribution in [0.25, 0.3) is 21.1 Å². The monoisotopic (exact) mass is 399 g/mol. The zero-order valence-corrected chi connectivity index (χ0v) is 16.8. The quantitative estimate of drug-likeness (QED) is 0.421. The Morgan fingerprint density at radius 2 is 1.96 bits per heavy atom. The Morgan fingerprint density at radius 3 is 2.77 bits per heavy atom. The van der Waals surface area contributed by atoms with Crippen molar-refractivity contribution in [1.82, 2.24) is 9.97 Å². The number of nitrogens with one attached hydrogen (secondary N) is 1. The van der Waals surface area contributed by atoms with Gasteiger partial charge < -0.3 is 10.1 Å². The molecule has 0 fully saturated rings. The van der Waals surface area contributed by atoms with Crippen LogP contribution >= 0.6 is 34.0 Å². The molecular weight excluding hydrogens is 382 g/mol. The van der Waals surface area contributed by atoms with Gasteiger partial charge in [-0.15, -0.1) is 34.0 Å². The van der Waals surface area contributed by atoms with E-state index in [-0.39, 0.29) is 6.04 Å². The molecule has 0 amide bonds. The van der Waals surface area contributed by atoms with E-state index in [1.807, 2.05) is 24.3 Å². The zero-order valence-electron chi connectivity index (χ0n) is 14.3. The molecule has 3 aromatic heterocycles. The number of aromatic nitrogens is 2. The van der Waals surface area contributed by atoms with Crippen LogP contribution in [0.2, 0.25) is 0 Å². The van der Waals surface area contributed by atoms with Gasteiger partial charge in [-0.1, -0.05) is 18.2 Å². The Morgan fingerprint density at radius 1 is 1.04 bits per heavy atom. The van der Waals surface area contributed by atoms with Crippen LogP contribution < -0.4 is 10.1 Å². The number of anilines is 1. The van der Waals surface area contributed by atoms with Crippen molar-refractivity contribution in [3.63, 3.8) is 0 Å². The van der Waals surface area contributed by atoms with Crippen molar-refractivity contribution in [1.29, 1.82) is 0 Å². The maximum absolute atomic E-state index is 5.29. The Hall–Kier alpha value is -2.22. The Labute approximate surface area is 164 Å². The number of ether oxygens (including phenoxy) is 1. The second kappa shape index (κ2) is 7.57. The first kappa shape index (κ1) is 17.2. The van der Waals surface area contributed by atoms with Gasteiger partial charge in [0.15, 0.2) is 5.13 Å². The van der Waals surface area contributed by atoms with Crippen LogP contribution in [0.3, 0.4) is 0 Å². The summed E-state index contributed by atoms with van der Waals surface area (Å²) in [4.78, 5) is 10.7. The van der Waals surface area contributed by atoms with Gasteiger partial charge in [-0.2, -0.15) is 0 Å². The van der Waals surface area contributed by atoms with Crippen molar-refractivity contribution in [3.05, 3.63) is 58.2 Å². The van der Waals surface area contributed by atoms with E-state index >= 15 is 0 Å². The molecule has 1 unspecified atom stereocenters. The number of nitrogens with zero attached hydrogens (tertiary/aromatic N) is 2. The first-order valence-electron chi connectivity index (χ1n) is 8.09. The summed E-state index contributed by atoms with van der Waals surface area (Å²) >= 11 is 5.00. The van der Waals surface area contributed by atoms with E-state index in [2.05, 4.69) is 40.5 Å². The number of methoxy groups -OCH3 is 1. The summed E-state index contributed by atoms with van der Waals surface area (Å²) < 4.78 is 5.29. The summed E-state index contributed by atoms with van der Waals surface area (Å²) in [6.45, 7) is 2.11. The summed E-state index contributed by atoms with van der Waals surface area (Å²) in [5.41, 5.74) is 3.03. The lowest BCUT2D eigenvalue weighted by Crippen LogP contribution is -2.06. The van der Waals surface area contributed by atoms with Crippen molar-refractivity contribution < 1.29 is 4.74 Å². The molecule has 1 aromatic carbocycles. The second-order valence-corrected chi connectivity index (χ2v) is 8.35. The van der Waals surface area contributed by atoms with Crippen molar-refractivity contribution in [3.8, 4) is 26.9 Å². The van der Waals surface area contributed by atoms with Crippen LogP contribution in [-0.4, -0.2) is 17.1 Å². The lowest BCUT2D eigenvalue weighted by Gasteiger charge is -2.09. The van der Waals surface area contributed by atoms with Crippen LogP contribution in [0.15, 0.2) is 52.5 Å². The molecule has 1 atom stereocenters. The molecule has 4 aromatic rings. The molecule has 132 valence electrons. The lowest BCUT2D eigenvalue weighted by atomic mass is 10.2. The number of hydrogen-bond donors (Lipinski definition) is 1. The fourth-order valence-corrected chi connectivity index (χ4v) is 5.05. The number of thiazole rings is 2. The first-order chi connectivity index (χ1) is 12.7. The predicted molar refractivity (Wildman–Crippen MR) is 112 cm³/mol. The van der Waals surface area contributed by atoms with Gasteiger partial charge in [0.1, 0.15) is 10.8 Å². The fourth-order valence-electron chi connectivity index (χ4n) is 2.51. The minimum absolute atomic E-state index is 0.101. The van der Waals surface area contributed by atoms with E-state index in [1.165, 1.54) is 4.88 Å². The summed E-state index contributed by atoms with van der Waals surface area (Å²) in [6, 6.07) is 12.2. The Balaban J connectivity index is 1.48. The second-order valence-electron chi connectivity index (χ2n) is 5.69. The Kier molecular flexibility index (Phi) is 5.01. The maximum atomic E-state index is 5.29. The smallest absolute Gasteiger partial charge is 0.183 e. The third kappa shape index (κ3) is 3.65. The van der Waals surface area contributed by atoms with E-state index in [9.17, 15) is 0 Å². The first-order valence-corrected chi connectivity index (χ1v) is 10.7. The molecule has 0 saturated heterocycles. The fraction of sp³-hybridized carbons (Fsp3) is 0.158. The molecule has 7 heteroatoms. The largest absolute Gasteiger partial charge is 0.497 e. The van der Waals surface area contributed by atoms with Crippen molar-refractivity contribution >= 4 is 39.1 Å². The summed E-state index contributed by atoms with van der Waals surface area (Å²) in [5.74, 6) is 0.835. The van der Waals surface area contributed by atoms with Crippen LogP contribution in [0.5, 0.6) is 5.75 Å². The molecule has 3 heterocycles. The summed E-state index contributed by atoms with van der Waals surface area (Å²) in [5, 5.41) is 11.7. The van der Waals surface area contributed by atoms with Crippen LogP contribution in [-0.2, 0) is 0 Å². The van der Waals surface area contributed by atoms with Crippen LogP contribution in [0.1, 0.15) is 18.7 Å². The molecule has 0 radical (unpaired) electrons. The van der Waals surface area contributed by atoms with Crippen molar-refractivity contribution in [2.75, 3.05) is 12.4 Å². The Bertz CT molecular complexity index is 991. The molecule has 4 nitrogen and oxygen atoms in total. The number of hydrogen-bond acceptors (Lipinski definition) is 7. The normalized spacial score (nSPS) is 12.1. The van der Waals surface area contributed by atoms with E-state index in [0.29, 0.717) is 0 Å². The minimum Gasteiger partial charge on any atom is -0.497 e. The van der Waals surface area contributed by atoms with Gasteiger partial charge in [-0.25, -0.2) is 9.97 Å². The highest BCUT2D eigenvalue weighted by molar-refractivity contribution is 7.20. The molecule has 0 aliphatic carbocycles. The zero-order chi connectivity index (χ0) is 17.9. The van der Waals surface area contributed by atoms with Gasteiger partial charge in [0.25, 0.3) is 0 Å². The van der Waals surface area contributed by atoms with Gasteiger partial charge in [-0.3, -0.25) is 0 Å². The molecular formula is C19H17N3OS3. The van der Waals surface area contributed by atoms with Gasteiger partial charge in [0.05, 0.1) is 29.4 Å². The molecule has 0 saturated carbocycles. The molecule has 4 rings (SSSR count). The molecule has 0 spiro atoms. The molecule has 0 aliphatic rings. The van der Waals surface area contributed by atoms with Crippen molar-refractivity contribution in [2.45, 2.75) is 13.0 Å². The standard InChI is InChI=1S/C19H17N3OS3/c1-12(15-10-25-18(21-15)17-7-4-8-24-17)20-19-22-16(11-26-19)13-5-3-6-14(9-13)23-2/h3-12H,1-2H3,(H,20,22). The highest BCUT2D eigenvalue weighted by Gasteiger charge is 2.14. The molecule has 1 N–H and O–H groups in total. The van der Waals surface area contributed by atoms with Crippen molar-refractivity contribution in [2.24, 2.45) is 0 Å². The van der Waals surface area contributed by atoms with E-state index in [4.69, 9.17) is 14.7 Å². The van der Waals surface area contributed by atoms with Gasteiger partial charge in [0, 0.05) is 16.3 Å². The summed E-state index contributed by atoms with van der Waals surface area (Å²) in [6.07, 6.45) is 0. The van der Waals surface area contributed by atoms with E-state index in [1.54, 1.807) is 41.1 Å². The van der Waals surface area contributed by atoms with E-state index < -0.39 is 0 Å². The van der Waals surface area contributed by atoms with Gasteiger partial charge in [-0.05, 0) is 30.5 Å². The number of thiophene rings is 1. The highest BCUT2D eigenvalue weighted by atomic mass is 32.1. The van der Waals surface area contributed by atoms with Gasteiger partial charge >= 0.3 is 0 Å². The molecule has 0 aliphatic heterocycles. The number of benzene rings is 1. The van der Waals surface area contributed by atoms with Gasteiger partial charge in [0.2, 0.25) is 0 Å². The topological polar surface area (TPSA) is 47.0 Å². The third-order valence-electron chi connectivity index (χ3n) is 3.91. The molecule has 26 heavy (non-hydrogen) atoms.